The number of methoxy groups -OCH3 is 1. The molecule has 0 bridgehead atoms. The van der Waals surface area contributed by atoms with Crippen molar-refractivity contribution in [3.8, 4) is 5.75 Å². The van der Waals surface area contributed by atoms with E-state index in [9.17, 15) is 10.1 Å². The first-order chi connectivity index (χ1) is 9.49. The molecule has 5 nitrogen and oxygen atoms in total. The predicted molar refractivity (Wildman–Crippen MR) is 80.3 cm³/mol. The lowest BCUT2D eigenvalue weighted by Gasteiger charge is -2.22. The molecule has 0 amide bonds. The van der Waals surface area contributed by atoms with Crippen molar-refractivity contribution < 1.29 is 9.66 Å². The van der Waals surface area contributed by atoms with E-state index in [1.807, 2.05) is 0 Å². The van der Waals surface area contributed by atoms with E-state index in [-0.39, 0.29) is 10.6 Å². The van der Waals surface area contributed by atoms with Gasteiger partial charge < -0.3 is 10.1 Å². The molecule has 0 saturated carbocycles. The van der Waals surface area contributed by atoms with Crippen molar-refractivity contribution in [2.45, 2.75) is 39.7 Å². The van der Waals surface area contributed by atoms with Crippen LogP contribution in [0.3, 0.4) is 0 Å². The summed E-state index contributed by atoms with van der Waals surface area (Å²) in [5.41, 5.74) is 1.01. The summed E-state index contributed by atoms with van der Waals surface area (Å²) in [6, 6.07) is 5.17. The average Bonchev–Trinajstić information content (AvgIpc) is 2.42. The lowest BCUT2D eigenvalue weighted by molar-refractivity contribution is -0.384. The van der Waals surface area contributed by atoms with Crippen LogP contribution in [0.4, 0.5) is 5.69 Å². The van der Waals surface area contributed by atoms with E-state index < -0.39 is 0 Å². The zero-order chi connectivity index (χ0) is 15.1. The van der Waals surface area contributed by atoms with Crippen molar-refractivity contribution >= 4 is 5.69 Å². The van der Waals surface area contributed by atoms with Crippen molar-refractivity contribution in [1.82, 2.24) is 5.32 Å². The van der Waals surface area contributed by atoms with E-state index in [1.165, 1.54) is 6.07 Å². The molecule has 0 aliphatic heterocycles. The first-order valence-corrected chi connectivity index (χ1v) is 7.04. The normalized spacial score (nSPS) is 12.4. The molecule has 1 atom stereocenters. The van der Waals surface area contributed by atoms with Gasteiger partial charge in [-0.15, -0.1) is 0 Å². The van der Waals surface area contributed by atoms with Crippen LogP contribution in [-0.2, 0) is 6.42 Å². The van der Waals surface area contributed by atoms with Crippen molar-refractivity contribution in [1.29, 1.82) is 0 Å². The molecule has 0 aliphatic rings. The van der Waals surface area contributed by atoms with Gasteiger partial charge in [0.15, 0.2) is 0 Å². The molecule has 0 fully saturated rings. The molecule has 1 N–H and O–H groups in total. The molecule has 0 radical (unpaired) electrons. The van der Waals surface area contributed by atoms with Gasteiger partial charge in [0, 0.05) is 23.7 Å². The maximum Gasteiger partial charge on any atom is 0.269 e. The number of aryl methyl sites for hydroxylation is 1. The van der Waals surface area contributed by atoms with Gasteiger partial charge in [-0.1, -0.05) is 20.8 Å². The highest BCUT2D eigenvalue weighted by Crippen LogP contribution is 2.26. The van der Waals surface area contributed by atoms with E-state index in [2.05, 4.69) is 26.1 Å². The maximum absolute atomic E-state index is 10.9. The van der Waals surface area contributed by atoms with Crippen molar-refractivity contribution in [3.05, 3.63) is 33.9 Å². The maximum atomic E-state index is 10.9. The molecule has 5 heteroatoms. The highest BCUT2D eigenvalue weighted by atomic mass is 16.6. The quantitative estimate of drug-likeness (QED) is 0.587. The number of benzene rings is 1. The van der Waals surface area contributed by atoms with Crippen LogP contribution in [0.5, 0.6) is 5.75 Å². The molecule has 112 valence electrons. The molecule has 1 rings (SSSR count). The van der Waals surface area contributed by atoms with Crippen LogP contribution in [0, 0.1) is 16.0 Å². The van der Waals surface area contributed by atoms with Crippen LogP contribution in [0.2, 0.25) is 0 Å². The van der Waals surface area contributed by atoms with E-state index in [0.29, 0.717) is 12.0 Å². The Morgan fingerprint density at radius 3 is 2.60 bits per heavy atom. The molecule has 1 aromatic rings. The Bertz CT molecular complexity index is 447. The molecule has 0 saturated heterocycles. The zero-order valence-corrected chi connectivity index (χ0v) is 12.7. The fraction of sp³-hybridized carbons (Fsp3) is 0.600. The van der Waals surface area contributed by atoms with E-state index in [0.717, 1.165) is 30.7 Å². The standard InChI is InChI=1S/C15H24N2O3/c1-5-16-14(11(2)3)8-6-12-10-13(17(18)19)7-9-15(12)20-4/h7,9-11,14,16H,5-6,8H2,1-4H3. The number of nitrogens with zero attached hydrogens (tertiary/aromatic N) is 1. The number of nitrogens with one attached hydrogen (secondary N) is 1. The lowest BCUT2D eigenvalue weighted by atomic mass is 9.96. The van der Waals surface area contributed by atoms with Gasteiger partial charge >= 0.3 is 0 Å². The molecule has 20 heavy (non-hydrogen) atoms. The fourth-order valence-corrected chi connectivity index (χ4v) is 2.32. The molecular formula is C15H24N2O3. The Morgan fingerprint density at radius 2 is 2.10 bits per heavy atom. The summed E-state index contributed by atoms with van der Waals surface area (Å²) in [5.74, 6) is 1.24. The summed E-state index contributed by atoms with van der Waals surface area (Å²) < 4.78 is 5.29. The Kier molecular flexibility index (Phi) is 6.45. The largest absolute Gasteiger partial charge is 0.496 e. The summed E-state index contributed by atoms with van der Waals surface area (Å²) in [6.45, 7) is 7.37. The van der Waals surface area contributed by atoms with Crippen LogP contribution in [0.15, 0.2) is 18.2 Å². The van der Waals surface area contributed by atoms with Gasteiger partial charge in [0.05, 0.1) is 12.0 Å². The molecule has 0 spiro atoms. The number of non-ortho nitro benzene ring substituents is 1. The van der Waals surface area contributed by atoms with Crippen LogP contribution >= 0.6 is 0 Å². The molecule has 1 aromatic carbocycles. The molecule has 0 aliphatic carbocycles. The number of ether oxygens (including phenoxy) is 1. The van der Waals surface area contributed by atoms with Gasteiger partial charge in [-0.05, 0) is 31.4 Å². The number of nitro benzene ring substituents is 1. The summed E-state index contributed by atoms with van der Waals surface area (Å²) >= 11 is 0. The monoisotopic (exact) mass is 280 g/mol. The summed E-state index contributed by atoms with van der Waals surface area (Å²) in [7, 11) is 1.59. The lowest BCUT2D eigenvalue weighted by Crippen LogP contribution is -2.34. The van der Waals surface area contributed by atoms with Crippen molar-refractivity contribution in [2.75, 3.05) is 13.7 Å². The second-order valence-electron chi connectivity index (χ2n) is 5.20. The predicted octanol–water partition coefficient (Wildman–Crippen LogP) is 3.17. The van der Waals surface area contributed by atoms with Crippen LogP contribution in [0.1, 0.15) is 32.8 Å². The number of hydrogen-bond acceptors (Lipinski definition) is 4. The fourth-order valence-electron chi connectivity index (χ4n) is 2.32. The van der Waals surface area contributed by atoms with Gasteiger partial charge in [-0.25, -0.2) is 0 Å². The third-order valence-electron chi connectivity index (χ3n) is 3.47. The number of nitro groups is 1. The average molecular weight is 280 g/mol. The molecular weight excluding hydrogens is 256 g/mol. The number of rotatable bonds is 8. The third-order valence-corrected chi connectivity index (χ3v) is 3.47. The first-order valence-electron chi connectivity index (χ1n) is 7.04. The SMILES string of the molecule is CCNC(CCc1cc([N+](=O)[O-])ccc1OC)C(C)C. The minimum absolute atomic E-state index is 0.116. The van der Waals surface area contributed by atoms with Gasteiger partial charge in [-0.2, -0.15) is 0 Å². The van der Waals surface area contributed by atoms with Crippen LogP contribution in [-0.4, -0.2) is 24.6 Å². The highest BCUT2D eigenvalue weighted by molar-refractivity contribution is 5.43. The van der Waals surface area contributed by atoms with Gasteiger partial charge in [0.2, 0.25) is 0 Å². The van der Waals surface area contributed by atoms with Crippen molar-refractivity contribution in [3.63, 3.8) is 0 Å². The third kappa shape index (κ3) is 4.49. The van der Waals surface area contributed by atoms with Gasteiger partial charge in [0.1, 0.15) is 5.75 Å². The molecule has 0 aromatic heterocycles. The second kappa shape index (κ2) is 7.85. The Hall–Kier alpha value is -1.62. The Balaban J connectivity index is 2.83. The van der Waals surface area contributed by atoms with Gasteiger partial charge in [0.25, 0.3) is 5.69 Å². The smallest absolute Gasteiger partial charge is 0.269 e. The summed E-state index contributed by atoms with van der Waals surface area (Å²) in [6.07, 6.45) is 1.70. The van der Waals surface area contributed by atoms with Gasteiger partial charge in [-0.3, -0.25) is 10.1 Å². The first kappa shape index (κ1) is 16.4. The minimum Gasteiger partial charge on any atom is -0.496 e. The summed E-state index contributed by atoms with van der Waals surface area (Å²) in [5, 5.41) is 14.3. The van der Waals surface area contributed by atoms with E-state index in [1.54, 1.807) is 19.2 Å². The minimum atomic E-state index is -0.368. The Labute approximate surface area is 120 Å². The van der Waals surface area contributed by atoms with Crippen LogP contribution in [0.25, 0.3) is 0 Å². The second-order valence-corrected chi connectivity index (χ2v) is 5.20. The van der Waals surface area contributed by atoms with E-state index >= 15 is 0 Å². The van der Waals surface area contributed by atoms with E-state index in [4.69, 9.17) is 4.74 Å². The Morgan fingerprint density at radius 1 is 1.40 bits per heavy atom. The highest BCUT2D eigenvalue weighted by Gasteiger charge is 2.15. The topological polar surface area (TPSA) is 64.4 Å². The molecule has 1 unspecified atom stereocenters. The van der Waals surface area contributed by atoms with Crippen LogP contribution < -0.4 is 10.1 Å². The summed E-state index contributed by atoms with van der Waals surface area (Å²) in [4.78, 5) is 10.5. The number of hydrogen-bond donors (Lipinski definition) is 1. The zero-order valence-electron chi connectivity index (χ0n) is 12.7. The van der Waals surface area contributed by atoms with Crippen molar-refractivity contribution in [2.24, 2.45) is 5.92 Å². The molecule has 0 heterocycles.